The van der Waals surface area contributed by atoms with Crippen molar-refractivity contribution in [3.8, 4) is 51.2 Å². The first-order chi connectivity index (χ1) is 20.7. The molecule has 0 spiro atoms. The minimum Gasteiger partial charge on any atom is -0.507 e. The summed E-state index contributed by atoms with van der Waals surface area (Å²) in [6.45, 7) is 13.1. The number of phenolic OH excluding ortho intramolecular Hbond substituents is 1. The summed E-state index contributed by atoms with van der Waals surface area (Å²) in [4.78, 5) is 9.91. The maximum atomic E-state index is 11.0. The maximum Gasteiger partial charge on any atom is 0.140 e. The molecular weight excluding hydrogens is 724 g/mol. The molecule has 0 amide bonds. The molecular formula is C38H37N4OPt-. The Morgan fingerprint density at radius 1 is 0.682 bits per heavy atom. The van der Waals surface area contributed by atoms with Crippen molar-refractivity contribution < 1.29 is 26.2 Å². The van der Waals surface area contributed by atoms with E-state index in [9.17, 15) is 5.11 Å². The molecule has 1 N–H and O–H groups in total. The van der Waals surface area contributed by atoms with Crippen molar-refractivity contribution in [1.82, 2.24) is 19.1 Å². The van der Waals surface area contributed by atoms with Crippen LogP contribution in [-0.4, -0.2) is 24.2 Å². The molecule has 2 heterocycles. The fraction of sp³-hybridized carbons (Fsp3) is 0.211. The predicted molar refractivity (Wildman–Crippen MR) is 175 cm³/mol. The van der Waals surface area contributed by atoms with E-state index in [4.69, 9.17) is 9.97 Å². The molecule has 6 heteroatoms. The van der Waals surface area contributed by atoms with Crippen LogP contribution in [-0.2, 0) is 21.1 Å². The molecule has 0 atom stereocenters. The van der Waals surface area contributed by atoms with Crippen LogP contribution in [0.4, 0.5) is 0 Å². The summed E-state index contributed by atoms with van der Waals surface area (Å²) >= 11 is 0. The number of imidazole rings is 2. The van der Waals surface area contributed by atoms with Crippen LogP contribution in [0.5, 0.6) is 5.75 Å². The zero-order valence-electron chi connectivity index (χ0n) is 25.9. The Labute approximate surface area is 274 Å². The van der Waals surface area contributed by atoms with E-state index in [1.807, 2.05) is 48.8 Å². The van der Waals surface area contributed by atoms with Crippen LogP contribution in [0.25, 0.3) is 45.4 Å². The summed E-state index contributed by atoms with van der Waals surface area (Å²) in [5.74, 6) is 2.32. The number of aromatic hydroxyl groups is 1. The second-order valence-electron chi connectivity index (χ2n) is 11.8. The monoisotopic (exact) mass is 760 g/mol. The average molecular weight is 761 g/mol. The van der Waals surface area contributed by atoms with Crippen LogP contribution in [0.2, 0.25) is 0 Å². The molecule has 0 unspecified atom stereocenters. The zero-order chi connectivity index (χ0) is 30.2. The number of hydrogen-bond acceptors (Lipinski definition) is 3. The zero-order valence-corrected chi connectivity index (χ0v) is 28.2. The van der Waals surface area contributed by atoms with E-state index < -0.39 is 0 Å². The van der Waals surface area contributed by atoms with Crippen LogP contribution in [0.3, 0.4) is 0 Å². The van der Waals surface area contributed by atoms with Gasteiger partial charge in [-0.1, -0.05) is 87.4 Å². The number of nitrogens with zero attached hydrogens (tertiary/aromatic N) is 4. The van der Waals surface area contributed by atoms with E-state index in [1.165, 1.54) is 22.3 Å². The predicted octanol–water partition coefficient (Wildman–Crippen LogP) is 9.43. The third-order valence-electron chi connectivity index (χ3n) is 8.07. The second kappa shape index (κ2) is 12.8. The summed E-state index contributed by atoms with van der Waals surface area (Å²) < 4.78 is 4.30. The van der Waals surface area contributed by atoms with Gasteiger partial charge >= 0.3 is 0 Å². The quantitative estimate of drug-likeness (QED) is 0.165. The van der Waals surface area contributed by atoms with Gasteiger partial charge in [-0.3, -0.25) is 9.97 Å². The Kier molecular flexibility index (Phi) is 9.08. The first-order valence-electron chi connectivity index (χ1n) is 14.9. The molecule has 6 rings (SSSR count). The van der Waals surface area contributed by atoms with E-state index >= 15 is 0 Å². The molecule has 4 aromatic carbocycles. The van der Waals surface area contributed by atoms with Crippen LogP contribution in [0, 0.1) is 19.9 Å². The van der Waals surface area contributed by atoms with Crippen molar-refractivity contribution in [1.29, 1.82) is 0 Å². The van der Waals surface area contributed by atoms with E-state index in [0.717, 1.165) is 34.0 Å². The standard InChI is InChI=1S/C38H37N4O.Pt/c1-24(2)30-17-11-18-31(25(3)4)36(30)42-23-33(40-38(42)32-16-7-8-19-34(32)43)28-14-10-15-29(22-28)37-39-20-21-41(37)35-26(5)12-9-13-27(35)6;/h7-21,23-25,43H,1-6H3;/q-1;. The number of para-hydroxylation sites is 3. The molecule has 5 nitrogen and oxygen atoms in total. The minimum atomic E-state index is 0. The number of hydrogen-bond donors (Lipinski definition) is 1. The summed E-state index contributed by atoms with van der Waals surface area (Å²) in [6, 6.07) is 30.0. The fourth-order valence-electron chi connectivity index (χ4n) is 5.94. The molecule has 44 heavy (non-hydrogen) atoms. The van der Waals surface area contributed by atoms with E-state index in [2.05, 4.69) is 99.3 Å². The molecule has 0 radical (unpaired) electrons. The topological polar surface area (TPSA) is 55.9 Å². The summed E-state index contributed by atoms with van der Waals surface area (Å²) in [7, 11) is 0. The molecule has 0 fully saturated rings. The van der Waals surface area contributed by atoms with E-state index in [-0.39, 0.29) is 26.8 Å². The summed E-state index contributed by atoms with van der Waals surface area (Å²) in [6.07, 6.45) is 5.93. The van der Waals surface area contributed by atoms with Crippen LogP contribution >= 0.6 is 0 Å². The minimum absolute atomic E-state index is 0. The smallest absolute Gasteiger partial charge is 0.140 e. The van der Waals surface area contributed by atoms with Crippen LogP contribution in [0.1, 0.15) is 61.8 Å². The number of aryl methyl sites for hydroxylation is 2. The normalized spacial score (nSPS) is 11.3. The van der Waals surface area contributed by atoms with Crippen molar-refractivity contribution in [3.63, 3.8) is 0 Å². The molecule has 0 aliphatic heterocycles. The largest absolute Gasteiger partial charge is 0.507 e. The maximum absolute atomic E-state index is 11.0. The number of benzene rings is 4. The third-order valence-corrected chi connectivity index (χ3v) is 8.07. The molecule has 0 aliphatic carbocycles. The fourth-order valence-corrected chi connectivity index (χ4v) is 5.94. The van der Waals surface area contributed by atoms with E-state index in [0.29, 0.717) is 23.2 Å². The third kappa shape index (κ3) is 5.69. The Morgan fingerprint density at radius 3 is 1.95 bits per heavy atom. The van der Waals surface area contributed by atoms with Gasteiger partial charge < -0.3 is 14.2 Å². The molecule has 226 valence electrons. The van der Waals surface area contributed by atoms with E-state index in [1.54, 1.807) is 6.07 Å². The van der Waals surface area contributed by atoms with Gasteiger partial charge in [0.05, 0.1) is 17.1 Å². The van der Waals surface area contributed by atoms with Gasteiger partial charge in [0.2, 0.25) is 0 Å². The molecule has 6 aromatic rings. The SMILES string of the molecule is Cc1cccc(C)c1-n1ccnc1-c1[c-]c(-c2cn(-c3c(C(C)C)cccc3C(C)C)c(-c3ccccc3O)n2)ccc1.[Pt]. The number of aromatic nitrogens is 4. The Hall–Kier alpha value is -4.21. The first-order valence-corrected chi connectivity index (χ1v) is 14.9. The average Bonchev–Trinajstić information content (AvgIpc) is 3.65. The van der Waals surface area contributed by atoms with Gasteiger partial charge in [0, 0.05) is 51.0 Å². The van der Waals surface area contributed by atoms with Gasteiger partial charge in [0.25, 0.3) is 0 Å². The van der Waals surface area contributed by atoms with Gasteiger partial charge in [-0.05, 0) is 60.1 Å². The van der Waals surface area contributed by atoms with Gasteiger partial charge in [-0.15, -0.1) is 24.3 Å². The number of rotatable bonds is 7. The van der Waals surface area contributed by atoms with Crippen molar-refractivity contribution in [2.75, 3.05) is 0 Å². The molecule has 0 saturated heterocycles. The second-order valence-corrected chi connectivity index (χ2v) is 11.8. The molecule has 0 aliphatic rings. The van der Waals surface area contributed by atoms with Crippen molar-refractivity contribution in [2.45, 2.75) is 53.4 Å². The van der Waals surface area contributed by atoms with Gasteiger partial charge in [0.15, 0.2) is 0 Å². The summed E-state index contributed by atoms with van der Waals surface area (Å²) in [5, 5.41) is 11.0. The Morgan fingerprint density at radius 2 is 1.30 bits per heavy atom. The van der Waals surface area contributed by atoms with Crippen molar-refractivity contribution >= 4 is 0 Å². The van der Waals surface area contributed by atoms with Crippen molar-refractivity contribution in [3.05, 3.63) is 126 Å². The van der Waals surface area contributed by atoms with Crippen molar-refractivity contribution in [2.24, 2.45) is 0 Å². The Bertz CT molecular complexity index is 1880. The first kappa shape index (κ1) is 31.2. The summed E-state index contributed by atoms with van der Waals surface area (Å²) in [5.41, 5.74) is 10.3. The van der Waals surface area contributed by atoms with Crippen LogP contribution < -0.4 is 0 Å². The number of phenols is 1. The molecule has 2 aromatic heterocycles. The molecule has 0 saturated carbocycles. The Balaban J connectivity index is 0.00000384. The van der Waals surface area contributed by atoms with Gasteiger partial charge in [-0.2, -0.15) is 0 Å². The van der Waals surface area contributed by atoms with Gasteiger partial charge in [0.1, 0.15) is 11.6 Å². The van der Waals surface area contributed by atoms with Crippen LogP contribution in [0.15, 0.2) is 97.5 Å². The molecule has 0 bridgehead atoms. The van der Waals surface area contributed by atoms with Gasteiger partial charge in [-0.25, -0.2) is 0 Å².